The molecule has 3 rings (SSSR count). The van der Waals surface area contributed by atoms with Crippen LogP contribution < -0.4 is 0 Å². The summed E-state index contributed by atoms with van der Waals surface area (Å²) in [4.78, 5) is 0. The van der Waals surface area contributed by atoms with Gasteiger partial charge in [-0.05, 0) is 43.9 Å². The lowest BCUT2D eigenvalue weighted by molar-refractivity contribution is -0.0123. The van der Waals surface area contributed by atoms with Crippen LogP contribution >= 0.6 is 0 Å². The average Bonchev–Trinajstić information content (AvgIpc) is 2.77. The van der Waals surface area contributed by atoms with Gasteiger partial charge in [0.25, 0.3) is 0 Å². The van der Waals surface area contributed by atoms with E-state index < -0.39 is 0 Å². The molecule has 0 unspecified atom stereocenters. The molecule has 2 heteroatoms. The van der Waals surface area contributed by atoms with Crippen molar-refractivity contribution < 1.29 is 0 Å². The zero-order valence-corrected chi connectivity index (χ0v) is 13.0. The number of nitrogens with zero attached hydrogens (tertiary/aromatic N) is 2. The van der Waals surface area contributed by atoms with Gasteiger partial charge in [0.2, 0.25) is 0 Å². The minimum atomic E-state index is 0.845. The smallest absolute Gasteiger partial charge is 0.0286 e. The Kier molecular flexibility index (Phi) is 4.48. The maximum absolute atomic E-state index is 2.61. The highest BCUT2D eigenvalue weighted by Gasteiger charge is 2.42. The maximum Gasteiger partial charge on any atom is 0.0286 e. The van der Waals surface area contributed by atoms with E-state index in [1.165, 1.54) is 70.6 Å². The third kappa shape index (κ3) is 2.85. The summed E-state index contributed by atoms with van der Waals surface area (Å²) in [5.41, 5.74) is 0. The zero-order chi connectivity index (χ0) is 13.2. The first-order valence-corrected chi connectivity index (χ1v) is 8.73. The molecule has 110 valence electrons. The van der Waals surface area contributed by atoms with E-state index in [1.807, 2.05) is 0 Å². The lowest BCUT2D eigenvalue weighted by Gasteiger charge is -2.35. The van der Waals surface area contributed by atoms with Gasteiger partial charge in [-0.15, -0.1) is 0 Å². The van der Waals surface area contributed by atoms with Crippen LogP contribution in [-0.2, 0) is 0 Å². The van der Waals surface area contributed by atoms with E-state index in [1.54, 1.807) is 0 Å². The molecule has 1 saturated heterocycles. The molecule has 0 aromatic rings. The number of hydrogen-bond donors (Lipinski definition) is 0. The molecule has 1 heterocycles. The fourth-order valence-corrected chi connectivity index (χ4v) is 5.05. The van der Waals surface area contributed by atoms with Crippen LogP contribution in [0, 0.1) is 11.8 Å². The molecule has 0 N–H and O–H groups in total. The fourth-order valence-electron chi connectivity index (χ4n) is 5.05. The van der Waals surface area contributed by atoms with Gasteiger partial charge in [-0.3, -0.25) is 0 Å². The molecule has 0 radical (unpaired) electrons. The van der Waals surface area contributed by atoms with E-state index in [2.05, 4.69) is 24.1 Å². The molecule has 2 aliphatic carbocycles. The van der Waals surface area contributed by atoms with E-state index in [0.717, 1.165) is 23.9 Å². The molecular formula is C17H32N2. The minimum absolute atomic E-state index is 0.845. The molecule has 2 atom stereocenters. The van der Waals surface area contributed by atoms with Gasteiger partial charge in [0.15, 0.2) is 0 Å². The van der Waals surface area contributed by atoms with Crippen molar-refractivity contribution in [3.05, 3.63) is 0 Å². The van der Waals surface area contributed by atoms with Crippen molar-refractivity contribution >= 4 is 0 Å². The summed E-state index contributed by atoms with van der Waals surface area (Å²) in [5, 5.41) is 5.21. The van der Waals surface area contributed by atoms with Crippen LogP contribution in [0.15, 0.2) is 0 Å². The van der Waals surface area contributed by atoms with Crippen LogP contribution in [0.25, 0.3) is 0 Å². The van der Waals surface area contributed by atoms with E-state index in [4.69, 9.17) is 0 Å². The second-order valence-corrected chi connectivity index (χ2v) is 7.31. The monoisotopic (exact) mass is 264 g/mol. The molecule has 0 spiro atoms. The van der Waals surface area contributed by atoms with Gasteiger partial charge < -0.3 is 0 Å². The summed E-state index contributed by atoms with van der Waals surface area (Å²) < 4.78 is 0. The molecule has 0 aromatic carbocycles. The van der Waals surface area contributed by atoms with Crippen LogP contribution in [0.1, 0.15) is 70.6 Å². The van der Waals surface area contributed by atoms with Gasteiger partial charge in [-0.25, -0.2) is 10.0 Å². The Morgan fingerprint density at radius 1 is 0.579 bits per heavy atom. The van der Waals surface area contributed by atoms with Gasteiger partial charge in [-0.1, -0.05) is 38.5 Å². The predicted molar refractivity (Wildman–Crippen MR) is 80.9 cm³/mol. The van der Waals surface area contributed by atoms with Crippen molar-refractivity contribution in [1.29, 1.82) is 0 Å². The molecule has 1 aliphatic heterocycles. The quantitative estimate of drug-likeness (QED) is 0.742. The molecule has 2 saturated carbocycles. The predicted octanol–water partition coefficient (Wildman–Crippen LogP) is 4.07. The molecule has 0 amide bonds. The second-order valence-electron chi connectivity index (χ2n) is 7.31. The van der Waals surface area contributed by atoms with E-state index in [-0.39, 0.29) is 0 Å². The van der Waals surface area contributed by atoms with Crippen molar-refractivity contribution in [1.82, 2.24) is 10.0 Å². The standard InChI is InChI=1S/C17H32N2/c1-18-16(14-9-5-3-6-10-14)13-17(19(18)2)15-11-7-4-8-12-15/h14-17H,3-13H2,1-2H3/t16-,17+. The van der Waals surface area contributed by atoms with Crippen LogP contribution in [0.3, 0.4) is 0 Å². The van der Waals surface area contributed by atoms with E-state index in [0.29, 0.717) is 0 Å². The summed E-state index contributed by atoms with van der Waals surface area (Å²) >= 11 is 0. The van der Waals surface area contributed by atoms with Crippen molar-refractivity contribution in [2.75, 3.05) is 14.1 Å². The zero-order valence-electron chi connectivity index (χ0n) is 13.0. The third-order valence-corrected chi connectivity index (χ3v) is 6.33. The van der Waals surface area contributed by atoms with Crippen LogP contribution in [0.4, 0.5) is 0 Å². The minimum Gasteiger partial charge on any atom is -0.241 e. The Hall–Kier alpha value is -0.0800. The SMILES string of the molecule is CN1[C@@H](C2CCCCC2)C[C@@H](C2CCCCC2)N1C. The topological polar surface area (TPSA) is 6.48 Å². The van der Waals surface area contributed by atoms with Crippen molar-refractivity contribution in [3.63, 3.8) is 0 Å². The number of hydrogen-bond acceptors (Lipinski definition) is 2. The molecule has 0 aromatic heterocycles. The lowest BCUT2D eigenvalue weighted by atomic mass is 9.78. The van der Waals surface area contributed by atoms with Gasteiger partial charge in [0.1, 0.15) is 0 Å². The number of rotatable bonds is 2. The summed E-state index contributed by atoms with van der Waals surface area (Å²) in [7, 11) is 4.70. The Bertz CT molecular complexity index is 251. The largest absolute Gasteiger partial charge is 0.241 e. The first-order chi connectivity index (χ1) is 9.27. The van der Waals surface area contributed by atoms with Crippen molar-refractivity contribution in [2.24, 2.45) is 11.8 Å². The first kappa shape index (κ1) is 13.9. The normalized spacial score (nSPS) is 36.9. The third-order valence-electron chi connectivity index (χ3n) is 6.33. The molecule has 3 fully saturated rings. The highest BCUT2D eigenvalue weighted by molar-refractivity contribution is 4.93. The number of hydrazine groups is 1. The highest BCUT2D eigenvalue weighted by atomic mass is 15.6. The highest BCUT2D eigenvalue weighted by Crippen LogP contribution is 2.40. The molecule has 3 aliphatic rings. The van der Waals surface area contributed by atoms with Crippen LogP contribution in [-0.4, -0.2) is 36.2 Å². The maximum atomic E-state index is 2.61. The van der Waals surface area contributed by atoms with Crippen LogP contribution in [0.2, 0.25) is 0 Å². The summed E-state index contributed by atoms with van der Waals surface area (Å²) in [6.45, 7) is 0. The Morgan fingerprint density at radius 3 is 1.32 bits per heavy atom. The summed E-state index contributed by atoms with van der Waals surface area (Å²) in [6, 6.07) is 1.69. The average molecular weight is 264 g/mol. The molecule has 19 heavy (non-hydrogen) atoms. The van der Waals surface area contributed by atoms with E-state index in [9.17, 15) is 0 Å². The van der Waals surface area contributed by atoms with Gasteiger partial charge in [0.05, 0.1) is 0 Å². The Morgan fingerprint density at radius 2 is 0.947 bits per heavy atom. The Labute approximate surface area is 119 Å². The second kappa shape index (κ2) is 6.13. The fraction of sp³-hybridized carbons (Fsp3) is 1.00. The molecule has 2 nitrogen and oxygen atoms in total. The van der Waals surface area contributed by atoms with Crippen molar-refractivity contribution in [2.45, 2.75) is 82.7 Å². The lowest BCUT2D eigenvalue weighted by Crippen LogP contribution is -2.42. The van der Waals surface area contributed by atoms with E-state index >= 15 is 0 Å². The first-order valence-electron chi connectivity index (χ1n) is 8.73. The molecule has 0 bridgehead atoms. The van der Waals surface area contributed by atoms with Crippen LogP contribution in [0.5, 0.6) is 0 Å². The molecular weight excluding hydrogens is 232 g/mol. The Balaban J connectivity index is 1.64. The van der Waals surface area contributed by atoms with Crippen molar-refractivity contribution in [3.8, 4) is 0 Å². The van der Waals surface area contributed by atoms with Gasteiger partial charge in [-0.2, -0.15) is 0 Å². The van der Waals surface area contributed by atoms with Gasteiger partial charge >= 0.3 is 0 Å². The summed E-state index contributed by atoms with van der Waals surface area (Å²) in [6.07, 6.45) is 16.3. The summed E-state index contributed by atoms with van der Waals surface area (Å²) in [5.74, 6) is 1.96. The van der Waals surface area contributed by atoms with Gasteiger partial charge in [0, 0.05) is 26.2 Å².